The summed E-state index contributed by atoms with van der Waals surface area (Å²) in [5, 5.41) is 3.06. The number of nitrogens with two attached hydrogens (primary N) is 1. The maximum Gasteiger partial charge on any atom is 0.220 e. The van der Waals surface area contributed by atoms with E-state index in [9.17, 15) is 4.79 Å². The molecule has 0 spiro atoms. The van der Waals surface area contributed by atoms with Gasteiger partial charge in [-0.2, -0.15) is 0 Å². The first kappa shape index (κ1) is 20.4. The topological polar surface area (TPSA) is 55.1 Å². The van der Waals surface area contributed by atoms with Gasteiger partial charge < -0.3 is 11.1 Å². The van der Waals surface area contributed by atoms with Crippen LogP contribution in [-0.4, -0.2) is 18.5 Å². The highest BCUT2D eigenvalue weighted by molar-refractivity contribution is 9.10. The Bertz CT molecular complexity index is 415. The van der Waals surface area contributed by atoms with Gasteiger partial charge in [-0.25, -0.2) is 0 Å². The molecule has 120 valence electrons. The molecule has 0 fully saturated rings. The lowest BCUT2D eigenvalue weighted by Gasteiger charge is -2.15. The van der Waals surface area contributed by atoms with Gasteiger partial charge in [0.25, 0.3) is 0 Å². The van der Waals surface area contributed by atoms with E-state index in [0.29, 0.717) is 6.42 Å². The van der Waals surface area contributed by atoms with Crippen LogP contribution in [-0.2, 0) is 11.2 Å². The minimum Gasteiger partial charge on any atom is -0.353 e. The largest absolute Gasteiger partial charge is 0.353 e. The van der Waals surface area contributed by atoms with Crippen LogP contribution in [0.2, 0.25) is 0 Å². The number of amides is 1. The summed E-state index contributed by atoms with van der Waals surface area (Å²) in [7, 11) is 0. The quantitative estimate of drug-likeness (QED) is 0.643. The number of halogens is 2. The van der Waals surface area contributed by atoms with Crippen molar-refractivity contribution in [3.05, 3.63) is 34.3 Å². The number of unbranched alkanes of at least 4 members (excludes halogenated alkanes) is 3. The molecule has 0 heterocycles. The average Bonchev–Trinajstić information content (AvgIpc) is 2.41. The van der Waals surface area contributed by atoms with Crippen molar-refractivity contribution in [3.8, 4) is 0 Å². The second-order valence-corrected chi connectivity index (χ2v) is 6.07. The van der Waals surface area contributed by atoms with Crippen molar-refractivity contribution in [3.63, 3.8) is 0 Å². The number of carbonyl (C=O) groups is 1. The van der Waals surface area contributed by atoms with E-state index in [2.05, 4.69) is 27.3 Å². The molecule has 0 aliphatic carbocycles. The summed E-state index contributed by atoms with van der Waals surface area (Å²) < 4.78 is 1.10. The molecule has 1 unspecified atom stereocenters. The summed E-state index contributed by atoms with van der Waals surface area (Å²) in [6, 6.07) is 8.29. The number of carbonyl (C=O) groups excluding carboxylic acids is 1. The third-order valence-electron chi connectivity index (χ3n) is 3.25. The molecule has 3 N–H and O–H groups in total. The fraction of sp³-hybridized carbons (Fsp3) is 0.562. The van der Waals surface area contributed by atoms with Crippen LogP contribution in [0.15, 0.2) is 28.7 Å². The van der Waals surface area contributed by atoms with Crippen molar-refractivity contribution >= 4 is 34.2 Å². The van der Waals surface area contributed by atoms with Crippen LogP contribution in [0.25, 0.3) is 0 Å². The molecule has 1 amide bonds. The molecule has 0 aromatic heterocycles. The minimum atomic E-state index is 0. The van der Waals surface area contributed by atoms with E-state index < -0.39 is 0 Å². The van der Waals surface area contributed by atoms with Crippen LogP contribution in [0, 0.1) is 0 Å². The lowest BCUT2D eigenvalue weighted by molar-refractivity contribution is -0.121. The zero-order valence-corrected chi connectivity index (χ0v) is 15.0. The third kappa shape index (κ3) is 9.12. The predicted molar refractivity (Wildman–Crippen MR) is 94.8 cm³/mol. The summed E-state index contributed by atoms with van der Waals surface area (Å²) in [4.78, 5) is 11.8. The maximum absolute atomic E-state index is 11.8. The Labute approximate surface area is 142 Å². The van der Waals surface area contributed by atoms with Gasteiger partial charge in [-0.15, -0.1) is 12.4 Å². The molecule has 0 radical (unpaired) electrons. The Kier molecular flexibility index (Phi) is 11.7. The van der Waals surface area contributed by atoms with E-state index in [1.807, 2.05) is 25.1 Å². The van der Waals surface area contributed by atoms with Crippen LogP contribution in [0.5, 0.6) is 0 Å². The Morgan fingerprint density at radius 3 is 2.57 bits per heavy atom. The summed E-state index contributed by atoms with van der Waals surface area (Å²) in [6.45, 7) is 2.79. The van der Waals surface area contributed by atoms with E-state index >= 15 is 0 Å². The van der Waals surface area contributed by atoms with Crippen molar-refractivity contribution in [1.82, 2.24) is 5.32 Å². The van der Waals surface area contributed by atoms with Gasteiger partial charge in [-0.3, -0.25) is 4.79 Å². The highest BCUT2D eigenvalue weighted by Gasteiger charge is 2.09. The fourth-order valence-electron chi connectivity index (χ4n) is 2.18. The molecule has 0 saturated carbocycles. The van der Waals surface area contributed by atoms with Gasteiger partial charge in [0.15, 0.2) is 0 Å². The van der Waals surface area contributed by atoms with Crippen molar-refractivity contribution in [2.75, 3.05) is 6.54 Å². The summed E-state index contributed by atoms with van der Waals surface area (Å²) in [5.74, 6) is 0.150. The zero-order chi connectivity index (χ0) is 14.8. The average molecular weight is 378 g/mol. The lowest BCUT2D eigenvalue weighted by atomic mass is 10.1. The molecular formula is C16H26BrClN2O. The summed E-state index contributed by atoms with van der Waals surface area (Å²) >= 11 is 3.53. The minimum absolute atomic E-state index is 0. The Morgan fingerprint density at radius 1 is 1.24 bits per heavy atom. The van der Waals surface area contributed by atoms with Crippen LogP contribution < -0.4 is 11.1 Å². The molecule has 1 aromatic rings. The fourth-order valence-corrected chi connectivity index (χ4v) is 2.62. The molecule has 1 aromatic carbocycles. The van der Waals surface area contributed by atoms with Crippen molar-refractivity contribution in [2.24, 2.45) is 5.73 Å². The van der Waals surface area contributed by atoms with E-state index in [4.69, 9.17) is 5.73 Å². The first-order valence-corrected chi connectivity index (χ1v) is 8.15. The van der Waals surface area contributed by atoms with E-state index in [0.717, 1.165) is 43.1 Å². The SMILES string of the molecule is CC(Cc1ccccc1Br)NC(=O)CCCCCCN.Cl. The molecule has 5 heteroatoms. The van der Waals surface area contributed by atoms with E-state index in [-0.39, 0.29) is 24.4 Å². The van der Waals surface area contributed by atoms with Gasteiger partial charge in [0.2, 0.25) is 5.91 Å². The van der Waals surface area contributed by atoms with Crippen molar-refractivity contribution in [1.29, 1.82) is 0 Å². The number of nitrogens with one attached hydrogen (secondary N) is 1. The normalized spacial score (nSPS) is 11.6. The number of hydrogen-bond donors (Lipinski definition) is 2. The van der Waals surface area contributed by atoms with Gasteiger partial charge in [0.05, 0.1) is 0 Å². The molecule has 3 nitrogen and oxygen atoms in total. The van der Waals surface area contributed by atoms with Crippen LogP contribution in [0.1, 0.15) is 44.6 Å². The van der Waals surface area contributed by atoms with Gasteiger partial charge >= 0.3 is 0 Å². The van der Waals surface area contributed by atoms with Crippen molar-refractivity contribution < 1.29 is 4.79 Å². The van der Waals surface area contributed by atoms with Gasteiger partial charge in [-0.05, 0) is 44.4 Å². The van der Waals surface area contributed by atoms with Gasteiger partial charge in [0, 0.05) is 16.9 Å². The Hall–Kier alpha value is -0.580. The first-order valence-electron chi connectivity index (χ1n) is 7.36. The number of rotatable bonds is 9. The molecule has 0 aliphatic heterocycles. The maximum atomic E-state index is 11.8. The molecule has 21 heavy (non-hydrogen) atoms. The number of hydrogen-bond acceptors (Lipinski definition) is 2. The van der Waals surface area contributed by atoms with Crippen LogP contribution in [0.3, 0.4) is 0 Å². The van der Waals surface area contributed by atoms with Gasteiger partial charge in [0.1, 0.15) is 0 Å². The number of benzene rings is 1. The standard InChI is InChI=1S/C16H25BrN2O.ClH/c1-13(12-14-8-5-6-9-15(14)17)19-16(20)10-4-2-3-7-11-18;/h5-6,8-9,13H,2-4,7,10-12,18H2,1H3,(H,19,20);1H. The molecule has 0 bridgehead atoms. The first-order chi connectivity index (χ1) is 9.63. The second-order valence-electron chi connectivity index (χ2n) is 5.22. The lowest BCUT2D eigenvalue weighted by Crippen LogP contribution is -2.33. The van der Waals surface area contributed by atoms with E-state index in [1.165, 1.54) is 5.56 Å². The summed E-state index contributed by atoms with van der Waals surface area (Å²) in [6.07, 6.45) is 5.68. The second kappa shape index (κ2) is 12.0. The van der Waals surface area contributed by atoms with E-state index in [1.54, 1.807) is 0 Å². The molecule has 0 aliphatic rings. The molecular weight excluding hydrogens is 352 g/mol. The van der Waals surface area contributed by atoms with Crippen molar-refractivity contribution in [2.45, 2.75) is 51.5 Å². The summed E-state index contributed by atoms with van der Waals surface area (Å²) in [5.41, 5.74) is 6.66. The monoisotopic (exact) mass is 376 g/mol. The van der Waals surface area contributed by atoms with Gasteiger partial charge in [-0.1, -0.05) is 47.0 Å². The zero-order valence-electron chi connectivity index (χ0n) is 12.6. The molecule has 1 atom stereocenters. The van der Waals surface area contributed by atoms with Crippen LogP contribution >= 0.6 is 28.3 Å². The van der Waals surface area contributed by atoms with Crippen LogP contribution in [0.4, 0.5) is 0 Å². The molecule has 0 saturated heterocycles. The predicted octanol–water partition coefficient (Wildman–Crippen LogP) is 3.83. The smallest absolute Gasteiger partial charge is 0.220 e. The Balaban J connectivity index is 0.00000400. The highest BCUT2D eigenvalue weighted by Crippen LogP contribution is 2.17. The third-order valence-corrected chi connectivity index (χ3v) is 4.02. The highest BCUT2D eigenvalue weighted by atomic mass is 79.9. The molecule has 1 rings (SSSR count). The Morgan fingerprint density at radius 2 is 1.90 bits per heavy atom.